The zero-order chi connectivity index (χ0) is 37.3. The largest absolute Gasteiger partial charge is 0.497 e. The van der Waals surface area contributed by atoms with E-state index in [4.69, 9.17) is 9.72 Å². The number of hydrogen-bond acceptors (Lipinski definition) is 2. The van der Waals surface area contributed by atoms with Crippen LogP contribution in [0, 0.1) is 6.33 Å². The van der Waals surface area contributed by atoms with Crippen LogP contribution in [0.15, 0.2) is 164 Å². The Morgan fingerprint density at radius 2 is 1.18 bits per heavy atom. The van der Waals surface area contributed by atoms with Crippen molar-refractivity contribution in [1.82, 2.24) is 18.7 Å². The van der Waals surface area contributed by atoms with E-state index < -0.39 is 0 Å². The third kappa shape index (κ3) is 5.32. The minimum atomic E-state index is 0.0975. The van der Waals surface area contributed by atoms with Crippen molar-refractivity contribution in [2.45, 2.75) is 26.2 Å². The molecule has 0 amide bonds. The Hall–Kier alpha value is -6.92. The molecular weight excluding hydrogens is 675 g/mol. The normalized spacial score (nSPS) is 12.0. The van der Waals surface area contributed by atoms with Crippen molar-refractivity contribution < 1.29 is 9.30 Å². The zero-order valence-electron chi connectivity index (χ0n) is 31.2. The van der Waals surface area contributed by atoms with Gasteiger partial charge in [0.25, 0.3) is 6.33 Å². The first-order valence-corrected chi connectivity index (χ1v) is 18.7. The number of hydrogen-bond donors (Lipinski definition) is 0. The van der Waals surface area contributed by atoms with E-state index in [0.717, 1.165) is 83.5 Å². The lowest BCUT2D eigenvalue weighted by molar-refractivity contribution is -0.599. The van der Waals surface area contributed by atoms with E-state index in [-0.39, 0.29) is 5.41 Å². The van der Waals surface area contributed by atoms with E-state index in [0.29, 0.717) is 0 Å². The second kappa shape index (κ2) is 12.6. The Morgan fingerprint density at radius 1 is 0.600 bits per heavy atom. The molecule has 0 atom stereocenters. The minimum Gasteiger partial charge on any atom is -0.497 e. The molecule has 0 spiro atoms. The molecule has 0 unspecified atom stereocenters. The number of aromatic nitrogens is 5. The molecule has 6 aromatic carbocycles. The summed E-state index contributed by atoms with van der Waals surface area (Å²) in [5, 5.41) is 4.53. The monoisotopic (exact) mass is 713 g/mol. The molecule has 6 heteroatoms. The number of methoxy groups -OCH3 is 1. The molecule has 0 aliphatic carbocycles. The maximum atomic E-state index is 5.68. The lowest BCUT2D eigenvalue weighted by Crippen LogP contribution is -2.28. The third-order valence-corrected chi connectivity index (χ3v) is 10.8. The smallest absolute Gasteiger partial charge is 0.268 e. The van der Waals surface area contributed by atoms with Gasteiger partial charge >= 0.3 is 0 Å². The fourth-order valence-corrected chi connectivity index (χ4v) is 8.04. The highest BCUT2D eigenvalue weighted by molar-refractivity contribution is 6.26. The molecule has 6 nitrogen and oxygen atoms in total. The average Bonchev–Trinajstić information content (AvgIpc) is 3.94. The number of imidazole rings is 1. The summed E-state index contributed by atoms with van der Waals surface area (Å²) in [6, 6.07) is 53.7. The van der Waals surface area contributed by atoms with Crippen LogP contribution in [0.3, 0.4) is 0 Å². The minimum absolute atomic E-state index is 0.0975. The Bertz CT molecular complexity index is 3030. The third-order valence-electron chi connectivity index (χ3n) is 10.8. The fourth-order valence-electron chi connectivity index (χ4n) is 8.04. The number of benzene rings is 6. The van der Waals surface area contributed by atoms with Gasteiger partial charge in [-0.15, -0.1) is 0 Å². The van der Waals surface area contributed by atoms with Crippen molar-refractivity contribution in [2.24, 2.45) is 0 Å². The van der Waals surface area contributed by atoms with Crippen molar-refractivity contribution in [1.29, 1.82) is 0 Å². The summed E-state index contributed by atoms with van der Waals surface area (Å²) in [5.74, 6) is 0.821. The molecule has 4 aromatic heterocycles. The number of nitrogens with zero attached hydrogens (tertiary/aromatic N) is 5. The first-order valence-electron chi connectivity index (χ1n) is 18.7. The average molecular weight is 714 g/mol. The summed E-state index contributed by atoms with van der Waals surface area (Å²) in [6.45, 7) is 6.72. The molecule has 4 heterocycles. The maximum Gasteiger partial charge on any atom is 0.268 e. The molecule has 10 rings (SSSR count). The van der Waals surface area contributed by atoms with Gasteiger partial charge in [0.1, 0.15) is 17.0 Å². The maximum absolute atomic E-state index is 5.68. The van der Waals surface area contributed by atoms with Crippen LogP contribution in [-0.4, -0.2) is 25.8 Å². The number of pyridine rings is 1. The molecule has 0 fully saturated rings. The molecule has 10 aromatic rings. The van der Waals surface area contributed by atoms with Gasteiger partial charge in [0.15, 0.2) is 0 Å². The van der Waals surface area contributed by atoms with Crippen LogP contribution < -0.4 is 9.30 Å². The molecule has 0 radical (unpaired) electrons. The Kier molecular flexibility index (Phi) is 7.49. The van der Waals surface area contributed by atoms with Crippen LogP contribution >= 0.6 is 0 Å². The predicted octanol–water partition coefficient (Wildman–Crippen LogP) is 11.1. The Morgan fingerprint density at radius 3 is 1.82 bits per heavy atom. The number of ether oxygens (including phenoxy) is 1. The fraction of sp³-hybridized carbons (Fsp3) is 0.102. The van der Waals surface area contributed by atoms with Gasteiger partial charge in [-0.05, 0) is 83.3 Å². The summed E-state index contributed by atoms with van der Waals surface area (Å²) in [6.07, 6.45) is 7.67. The van der Waals surface area contributed by atoms with Crippen LogP contribution in [-0.2, 0) is 5.41 Å². The summed E-state index contributed by atoms with van der Waals surface area (Å²) in [7, 11) is 1.71. The van der Waals surface area contributed by atoms with Gasteiger partial charge in [-0.1, -0.05) is 106 Å². The molecule has 266 valence electrons. The van der Waals surface area contributed by atoms with Gasteiger partial charge in [0, 0.05) is 50.9 Å². The Labute approximate surface area is 319 Å². The summed E-state index contributed by atoms with van der Waals surface area (Å²) in [5.41, 5.74) is 11.8. The molecular formula is C49H39N5O. The lowest BCUT2D eigenvalue weighted by atomic mass is 9.87. The second-order valence-electron chi connectivity index (χ2n) is 15.1. The SMILES string of the molecule is COc1ccc(-c2c3c4ccccc4n(-c4ccccc4)c3nc3c2c2ccccc2n3-c2cccc(-n3[c-][n+](-c4ccc(C(C)(C)C)cc4)cc3)c2)cc1. The molecule has 0 saturated carbocycles. The Balaban J connectivity index is 1.24. The number of fused-ring (bicyclic) bond motifs is 6. The van der Waals surface area contributed by atoms with E-state index in [1.807, 2.05) is 16.7 Å². The summed E-state index contributed by atoms with van der Waals surface area (Å²) < 4.78 is 14.3. The van der Waals surface area contributed by atoms with Crippen LogP contribution in [0.5, 0.6) is 5.75 Å². The zero-order valence-corrected chi connectivity index (χ0v) is 31.2. The highest BCUT2D eigenvalue weighted by atomic mass is 16.5. The van der Waals surface area contributed by atoms with Gasteiger partial charge in [-0.3, -0.25) is 18.3 Å². The first-order chi connectivity index (χ1) is 26.9. The second-order valence-corrected chi connectivity index (χ2v) is 15.1. The van der Waals surface area contributed by atoms with Crippen molar-refractivity contribution in [3.63, 3.8) is 0 Å². The van der Waals surface area contributed by atoms with Gasteiger partial charge in [-0.2, -0.15) is 0 Å². The molecule has 55 heavy (non-hydrogen) atoms. The van der Waals surface area contributed by atoms with Crippen molar-refractivity contribution in [3.05, 3.63) is 176 Å². The van der Waals surface area contributed by atoms with Crippen LogP contribution in [0.4, 0.5) is 0 Å². The van der Waals surface area contributed by atoms with Crippen LogP contribution in [0.25, 0.3) is 77.7 Å². The molecule has 0 aliphatic heterocycles. The predicted molar refractivity (Wildman–Crippen MR) is 223 cm³/mol. The van der Waals surface area contributed by atoms with E-state index in [1.165, 1.54) is 5.56 Å². The molecule has 0 bridgehead atoms. The standard InChI is InChI=1S/C49H39N5O/c1-49(2,3)34-23-25-35(26-24-34)51-29-30-52(32-51)37-15-12-16-38(31-37)54-43-20-11-9-18-41(43)46-44(33-21-27-39(55-4)28-22-33)45-40-17-8-10-19-42(40)53(47(45)50-48(46)54)36-13-6-5-7-14-36/h5-31H,1-4H3. The van der Waals surface area contributed by atoms with Gasteiger partial charge < -0.3 is 4.74 Å². The van der Waals surface area contributed by atoms with Crippen LogP contribution in [0.2, 0.25) is 0 Å². The van der Waals surface area contributed by atoms with E-state index in [2.05, 4.69) is 193 Å². The topological polar surface area (TPSA) is 40.8 Å². The van der Waals surface area contributed by atoms with Crippen molar-refractivity contribution >= 4 is 43.9 Å². The quantitative estimate of drug-likeness (QED) is 0.127. The highest BCUT2D eigenvalue weighted by Gasteiger charge is 2.25. The number of rotatable bonds is 6. The van der Waals surface area contributed by atoms with Crippen molar-refractivity contribution in [2.75, 3.05) is 7.11 Å². The molecule has 0 saturated heterocycles. The lowest BCUT2D eigenvalue weighted by Gasteiger charge is -2.19. The highest BCUT2D eigenvalue weighted by Crippen LogP contribution is 2.45. The molecule has 0 N–H and O–H groups in total. The first kappa shape index (κ1) is 32.7. The number of para-hydroxylation sites is 3. The van der Waals surface area contributed by atoms with Crippen molar-refractivity contribution in [3.8, 4) is 39.6 Å². The van der Waals surface area contributed by atoms with E-state index in [1.54, 1.807) is 7.11 Å². The molecule has 0 aliphatic rings. The van der Waals surface area contributed by atoms with Gasteiger partial charge in [-0.25, -0.2) is 4.98 Å². The summed E-state index contributed by atoms with van der Waals surface area (Å²) >= 11 is 0. The van der Waals surface area contributed by atoms with E-state index >= 15 is 0 Å². The van der Waals surface area contributed by atoms with E-state index in [9.17, 15) is 0 Å². The van der Waals surface area contributed by atoms with Crippen LogP contribution in [0.1, 0.15) is 26.3 Å². The summed E-state index contributed by atoms with van der Waals surface area (Å²) in [4.78, 5) is 5.68. The van der Waals surface area contributed by atoms with Gasteiger partial charge in [0.2, 0.25) is 0 Å². The van der Waals surface area contributed by atoms with Gasteiger partial charge in [0.05, 0.1) is 29.5 Å².